The Balaban J connectivity index is 1.26. The summed E-state index contributed by atoms with van der Waals surface area (Å²) in [5.74, 6) is 0.354. The Kier molecular flexibility index (Phi) is 5.17. The fraction of sp³-hybridized carbons (Fsp3) is 0.0417. The molecule has 3 aromatic carbocycles. The fourth-order valence-electron chi connectivity index (χ4n) is 3.74. The van der Waals surface area contributed by atoms with Gasteiger partial charge < -0.3 is 4.42 Å². The number of carbonyl (C=O) groups is 2. The highest BCUT2D eigenvalue weighted by Gasteiger charge is 2.30. The van der Waals surface area contributed by atoms with Gasteiger partial charge in [0.15, 0.2) is 0 Å². The number of amides is 2. The molecule has 0 saturated heterocycles. The van der Waals surface area contributed by atoms with E-state index in [9.17, 15) is 9.59 Å². The minimum atomic E-state index is -0.424. The van der Waals surface area contributed by atoms with Crippen molar-refractivity contribution < 1.29 is 14.0 Å². The molecule has 1 aliphatic heterocycles. The minimum Gasteiger partial charge on any atom is -0.455 e. The molecule has 6 nitrogen and oxygen atoms in total. The second-order valence-corrected chi connectivity index (χ2v) is 8.04. The number of nitrogens with zero attached hydrogens (tertiary/aromatic N) is 2. The van der Waals surface area contributed by atoms with Crippen molar-refractivity contribution in [2.24, 2.45) is 5.10 Å². The van der Waals surface area contributed by atoms with E-state index in [1.807, 2.05) is 30.3 Å². The predicted molar refractivity (Wildman–Crippen MR) is 126 cm³/mol. The van der Waals surface area contributed by atoms with Crippen LogP contribution in [0.15, 0.2) is 76.2 Å². The Morgan fingerprint density at radius 2 is 1.84 bits per heavy atom. The second-order valence-electron chi connectivity index (χ2n) is 7.19. The second kappa shape index (κ2) is 8.15. The van der Waals surface area contributed by atoms with Crippen LogP contribution in [0.4, 0.5) is 5.69 Å². The van der Waals surface area contributed by atoms with Crippen LogP contribution in [0.5, 0.6) is 0 Å². The van der Waals surface area contributed by atoms with Gasteiger partial charge in [0.05, 0.1) is 16.9 Å². The summed E-state index contributed by atoms with van der Waals surface area (Å²) in [4.78, 5) is 26.7. The van der Waals surface area contributed by atoms with Crippen molar-refractivity contribution in [3.63, 3.8) is 0 Å². The molecule has 0 atom stereocenters. The van der Waals surface area contributed by atoms with Crippen molar-refractivity contribution in [1.82, 2.24) is 5.43 Å². The molecule has 0 bridgehead atoms. The lowest BCUT2D eigenvalue weighted by molar-refractivity contribution is -0.119. The Hall–Kier alpha value is -3.61. The summed E-state index contributed by atoms with van der Waals surface area (Å²) in [5, 5.41) is 6.76. The quantitative estimate of drug-likeness (QED) is 0.312. The van der Waals surface area contributed by atoms with Gasteiger partial charge in [0.2, 0.25) is 0 Å². The molecule has 0 spiro atoms. The number of carbonyl (C=O) groups excluding carboxylic acids is 2. The smallest absolute Gasteiger partial charge is 0.260 e. The molecule has 8 heteroatoms. The van der Waals surface area contributed by atoms with E-state index in [1.165, 1.54) is 11.1 Å². The third-order valence-electron chi connectivity index (χ3n) is 5.16. The minimum absolute atomic E-state index is 0.145. The van der Waals surface area contributed by atoms with Crippen molar-refractivity contribution in [3.8, 4) is 11.3 Å². The third-order valence-corrected chi connectivity index (χ3v) is 5.70. The summed E-state index contributed by atoms with van der Waals surface area (Å²) < 4.78 is 5.71. The van der Waals surface area contributed by atoms with Crippen molar-refractivity contribution in [3.05, 3.63) is 88.1 Å². The number of rotatable bonds is 5. The normalized spacial score (nSPS) is 12.8. The molecule has 158 valence electrons. The molecule has 5 rings (SSSR count). The van der Waals surface area contributed by atoms with Gasteiger partial charge in [-0.3, -0.25) is 14.5 Å². The number of benzene rings is 3. The molecule has 0 saturated carbocycles. The van der Waals surface area contributed by atoms with E-state index in [0.717, 1.165) is 16.5 Å². The van der Waals surface area contributed by atoms with Crippen molar-refractivity contribution in [1.29, 1.82) is 0 Å². The van der Waals surface area contributed by atoms with Gasteiger partial charge in [0.1, 0.15) is 18.1 Å². The van der Waals surface area contributed by atoms with Gasteiger partial charge in [0, 0.05) is 21.5 Å². The largest absolute Gasteiger partial charge is 0.455 e. The molecule has 0 fully saturated rings. The van der Waals surface area contributed by atoms with Gasteiger partial charge in [0.25, 0.3) is 11.8 Å². The molecule has 1 N–H and O–H groups in total. The lowest BCUT2D eigenvalue weighted by Gasteiger charge is -2.16. The molecule has 0 radical (unpaired) electrons. The molecule has 1 aliphatic rings. The molecule has 1 aromatic heterocycles. The number of furan rings is 1. The maximum absolute atomic E-state index is 12.8. The van der Waals surface area contributed by atoms with Gasteiger partial charge in [-0.2, -0.15) is 5.10 Å². The number of anilines is 1. The van der Waals surface area contributed by atoms with E-state index >= 15 is 0 Å². The number of hydrazone groups is 1. The molecular formula is C24H15Cl2N3O3. The first-order valence-electron chi connectivity index (χ1n) is 9.72. The molecule has 4 aromatic rings. The average molecular weight is 464 g/mol. The van der Waals surface area contributed by atoms with Crippen LogP contribution in [0.3, 0.4) is 0 Å². The summed E-state index contributed by atoms with van der Waals surface area (Å²) >= 11 is 12.1. The third kappa shape index (κ3) is 3.64. The summed E-state index contributed by atoms with van der Waals surface area (Å²) in [7, 11) is 0. The first-order valence-corrected chi connectivity index (χ1v) is 10.5. The zero-order valence-corrected chi connectivity index (χ0v) is 18.0. The molecule has 32 heavy (non-hydrogen) atoms. The van der Waals surface area contributed by atoms with E-state index in [0.29, 0.717) is 32.7 Å². The van der Waals surface area contributed by atoms with E-state index in [2.05, 4.69) is 10.5 Å². The molecule has 0 unspecified atom stereocenters. The highest BCUT2D eigenvalue weighted by atomic mass is 35.5. The monoisotopic (exact) mass is 463 g/mol. The number of hydrogen-bond donors (Lipinski definition) is 1. The Morgan fingerprint density at radius 3 is 2.66 bits per heavy atom. The van der Waals surface area contributed by atoms with Crippen LogP contribution in [-0.4, -0.2) is 24.6 Å². The zero-order chi connectivity index (χ0) is 22.2. The van der Waals surface area contributed by atoms with E-state index in [-0.39, 0.29) is 12.5 Å². The van der Waals surface area contributed by atoms with Crippen LogP contribution in [0.1, 0.15) is 16.1 Å². The van der Waals surface area contributed by atoms with Gasteiger partial charge in [-0.15, -0.1) is 0 Å². The van der Waals surface area contributed by atoms with Gasteiger partial charge in [-0.05, 0) is 47.9 Å². The number of hydrogen-bond acceptors (Lipinski definition) is 4. The highest BCUT2D eigenvalue weighted by molar-refractivity contribution is 6.36. The number of halogens is 2. The van der Waals surface area contributed by atoms with Gasteiger partial charge in [-0.25, -0.2) is 5.43 Å². The highest BCUT2D eigenvalue weighted by Crippen LogP contribution is 2.37. The lowest BCUT2D eigenvalue weighted by atomic mass is 10.1. The molecular weight excluding hydrogens is 449 g/mol. The first kappa shape index (κ1) is 20.3. The van der Waals surface area contributed by atoms with Gasteiger partial charge >= 0.3 is 0 Å². The van der Waals surface area contributed by atoms with E-state index in [1.54, 1.807) is 36.4 Å². The van der Waals surface area contributed by atoms with E-state index in [4.69, 9.17) is 27.6 Å². The molecule has 2 heterocycles. The molecule has 2 amide bonds. The van der Waals surface area contributed by atoms with Crippen molar-refractivity contribution in [2.45, 2.75) is 0 Å². The van der Waals surface area contributed by atoms with Crippen LogP contribution in [0, 0.1) is 0 Å². The number of nitrogens with one attached hydrogen (secondary N) is 1. The van der Waals surface area contributed by atoms with Crippen molar-refractivity contribution in [2.75, 3.05) is 11.4 Å². The maximum atomic E-state index is 12.8. The topological polar surface area (TPSA) is 74.9 Å². The van der Waals surface area contributed by atoms with Crippen LogP contribution in [-0.2, 0) is 4.79 Å². The first-order chi connectivity index (χ1) is 15.5. The van der Waals surface area contributed by atoms with Crippen LogP contribution in [0.25, 0.3) is 22.1 Å². The fourth-order valence-corrected chi connectivity index (χ4v) is 4.24. The summed E-state index contributed by atoms with van der Waals surface area (Å²) in [6.45, 7) is -0.145. The SMILES string of the molecule is O=C(CN1C(=O)c2cccc3cccc1c23)N/N=C/c1ccc(-c2ccc(Cl)cc2Cl)o1. The Bertz CT molecular complexity index is 1410. The van der Waals surface area contributed by atoms with Gasteiger partial charge in [-0.1, -0.05) is 47.5 Å². The summed E-state index contributed by atoms with van der Waals surface area (Å²) in [6.07, 6.45) is 1.38. The van der Waals surface area contributed by atoms with Crippen LogP contribution < -0.4 is 10.3 Å². The molecule has 0 aliphatic carbocycles. The van der Waals surface area contributed by atoms with E-state index < -0.39 is 5.91 Å². The van der Waals surface area contributed by atoms with Crippen LogP contribution >= 0.6 is 23.2 Å². The Labute approximate surface area is 193 Å². The van der Waals surface area contributed by atoms with Crippen molar-refractivity contribution >= 4 is 57.7 Å². The lowest BCUT2D eigenvalue weighted by Crippen LogP contribution is -2.37. The average Bonchev–Trinajstić information content (AvgIpc) is 3.34. The summed E-state index contributed by atoms with van der Waals surface area (Å²) in [5.41, 5.74) is 4.45. The Morgan fingerprint density at radius 1 is 1.03 bits per heavy atom. The maximum Gasteiger partial charge on any atom is 0.260 e. The standard InChI is InChI=1S/C24H15Cl2N3O3/c25-15-7-9-17(19(26)11-15)21-10-8-16(32-21)12-27-28-22(30)13-29-20-6-2-4-14-3-1-5-18(23(14)20)24(29)31/h1-12H,13H2,(H,28,30)/b27-12+. The summed E-state index contributed by atoms with van der Waals surface area (Å²) in [6, 6.07) is 19.8. The predicted octanol–water partition coefficient (Wildman–Crippen LogP) is 5.52. The van der Waals surface area contributed by atoms with Crippen LogP contribution in [0.2, 0.25) is 10.0 Å². The zero-order valence-electron chi connectivity index (χ0n) is 16.5.